The molecule has 1 fully saturated rings. The average molecular weight is 352 g/mol. The first-order chi connectivity index (χ1) is 12.7. The second-order valence-electron chi connectivity index (χ2n) is 6.42. The minimum atomic E-state index is -0.146. The number of piperidine rings is 1. The van der Waals surface area contributed by atoms with Crippen LogP contribution in [0.1, 0.15) is 30.1 Å². The summed E-state index contributed by atoms with van der Waals surface area (Å²) in [6.45, 7) is 3.67. The number of Topliss-reactive ketones (excluding diaryl/α,β-unsaturated/α-hetero) is 1. The largest absolute Gasteiger partial charge is 0.457 e. The van der Waals surface area contributed by atoms with E-state index in [4.69, 9.17) is 4.74 Å². The number of likely N-dealkylation sites (tertiary alicyclic amines) is 1. The Morgan fingerprint density at radius 1 is 1.08 bits per heavy atom. The zero-order valence-corrected chi connectivity index (χ0v) is 15.0. The maximum absolute atomic E-state index is 12.8. The Balaban J connectivity index is 1.63. The van der Waals surface area contributed by atoms with E-state index in [1.54, 1.807) is 17.0 Å². The lowest BCUT2D eigenvalue weighted by Gasteiger charge is -2.32. The van der Waals surface area contributed by atoms with Crippen LogP contribution >= 0.6 is 0 Å². The second kappa shape index (κ2) is 8.52. The van der Waals surface area contributed by atoms with Crippen molar-refractivity contribution in [2.24, 2.45) is 5.92 Å². The van der Waals surface area contributed by atoms with Crippen molar-refractivity contribution >= 4 is 11.8 Å². The van der Waals surface area contributed by atoms with Crippen LogP contribution in [0.4, 0.5) is 4.79 Å². The van der Waals surface area contributed by atoms with Crippen molar-refractivity contribution in [1.82, 2.24) is 10.2 Å². The van der Waals surface area contributed by atoms with Gasteiger partial charge in [-0.25, -0.2) is 4.79 Å². The fourth-order valence-electron chi connectivity index (χ4n) is 3.19. The molecule has 136 valence electrons. The Kier molecular flexibility index (Phi) is 5.89. The molecule has 1 aliphatic rings. The number of nitrogens with one attached hydrogen (secondary N) is 1. The third-order valence-corrected chi connectivity index (χ3v) is 4.53. The Morgan fingerprint density at radius 3 is 2.46 bits per heavy atom. The van der Waals surface area contributed by atoms with Gasteiger partial charge in [0.15, 0.2) is 5.78 Å². The van der Waals surface area contributed by atoms with Gasteiger partial charge in [-0.3, -0.25) is 4.79 Å². The van der Waals surface area contributed by atoms with Crippen molar-refractivity contribution in [3.8, 4) is 11.5 Å². The van der Waals surface area contributed by atoms with Gasteiger partial charge in [-0.15, -0.1) is 0 Å². The van der Waals surface area contributed by atoms with Crippen LogP contribution in [0.15, 0.2) is 54.6 Å². The first-order valence-electron chi connectivity index (χ1n) is 9.07. The maximum atomic E-state index is 12.8. The number of hydrogen-bond donors (Lipinski definition) is 1. The highest BCUT2D eigenvalue weighted by Gasteiger charge is 2.28. The molecule has 0 radical (unpaired) electrons. The molecule has 0 aliphatic carbocycles. The number of hydrogen-bond acceptors (Lipinski definition) is 3. The summed E-state index contributed by atoms with van der Waals surface area (Å²) >= 11 is 0. The monoisotopic (exact) mass is 352 g/mol. The fourth-order valence-corrected chi connectivity index (χ4v) is 3.19. The van der Waals surface area contributed by atoms with E-state index in [1.807, 2.05) is 49.4 Å². The highest BCUT2D eigenvalue weighted by atomic mass is 16.5. The number of ether oxygens (including phenoxy) is 1. The van der Waals surface area contributed by atoms with Gasteiger partial charge in [0.05, 0.1) is 0 Å². The molecule has 26 heavy (non-hydrogen) atoms. The third kappa shape index (κ3) is 4.42. The number of para-hydroxylation sites is 1. The van der Waals surface area contributed by atoms with E-state index in [0.29, 0.717) is 30.9 Å². The van der Waals surface area contributed by atoms with E-state index >= 15 is 0 Å². The molecular weight excluding hydrogens is 328 g/mol. The van der Waals surface area contributed by atoms with Crippen LogP contribution in [0.25, 0.3) is 0 Å². The SMILES string of the molecule is CCNC(=O)N1CCC[C@@H](C(=O)c2ccc(Oc3ccccc3)cc2)C1. The number of amides is 2. The lowest BCUT2D eigenvalue weighted by Crippen LogP contribution is -2.47. The van der Waals surface area contributed by atoms with Crippen LogP contribution in [-0.2, 0) is 0 Å². The summed E-state index contributed by atoms with van der Waals surface area (Å²) in [6, 6.07) is 16.7. The molecule has 5 nitrogen and oxygen atoms in total. The smallest absolute Gasteiger partial charge is 0.317 e. The Labute approximate surface area is 154 Å². The van der Waals surface area contributed by atoms with Crippen molar-refractivity contribution < 1.29 is 14.3 Å². The molecule has 2 aromatic carbocycles. The van der Waals surface area contributed by atoms with E-state index in [0.717, 1.165) is 18.6 Å². The van der Waals surface area contributed by atoms with Gasteiger partial charge in [-0.1, -0.05) is 18.2 Å². The molecule has 0 spiro atoms. The molecule has 0 unspecified atom stereocenters. The first-order valence-corrected chi connectivity index (χ1v) is 9.07. The summed E-state index contributed by atoms with van der Waals surface area (Å²) < 4.78 is 5.76. The number of ketones is 1. The van der Waals surface area contributed by atoms with Crippen LogP contribution in [0.2, 0.25) is 0 Å². The van der Waals surface area contributed by atoms with Crippen molar-refractivity contribution in [3.63, 3.8) is 0 Å². The Bertz CT molecular complexity index is 744. The minimum absolute atomic E-state index is 0.0865. The topological polar surface area (TPSA) is 58.6 Å². The number of urea groups is 1. The van der Waals surface area contributed by atoms with Gasteiger partial charge >= 0.3 is 6.03 Å². The van der Waals surface area contributed by atoms with Gasteiger partial charge in [-0.05, 0) is 56.2 Å². The Morgan fingerprint density at radius 2 is 1.77 bits per heavy atom. The van der Waals surface area contributed by atoms with Crippen molar-refractivity contribution in [2.75, 3.05) is 19.6 Å². The predicted molar refractivity (Wildman–Crippen MR) is 101 cm³/mol. The normalized spacial score (nSPS) is 16.8. The van der Waals surface area contributed by atoms with Gasteiger partial charge < -0.3 is 15.0 Å². The second-order valence-corrected chi connectivity index (χ2v) is 6.42. The molecule has 5 heteroatoms. The predicted octanol–water partition coefficient (Wildman–Crippen LogP) is 4.10. The molecule has 0 bridgehead atoms. The molecule has 1 N–H and O–H groups in total. The molecule has 2 amide bonds. The minimum Gasteiger partial charge on any atom is -0.457 e. The third-order valence-electron chi connectivity index (χ3n) is 4.53. The zero-order chi connectivity index (χ0) is 18.4. The number of carbonyl (C=O) groups excluding carboxylic acids is 2. The van der Waals surface area contributed by atoms with Crippen molar-refractivity contribution in [1.29, 1.82) is 0 Å². The van der Waals surface area contributed by atoms with E-state index in [2.05, 4.69) is 5.32 Å². The van der Waals surface area contributed by atoms with Crippen LogP contribution in [0.5, 0.6) is 11.5 Å². The van der Waals surface area contributed by atoms with Crippen LogP contribution < -0.4 is 10.1 Å². The first kappa shape index (κ1) is 18.0. The molecule has 2 aromatic rings. The van der Waals surface area contributed by atoms with Gasteiger partial charge in [0.25, 0.3) is 0 Å². The summed E-state index contributed by atoms with van der Waals surface area (Å²) in [5.41, 5.74) is 0.660. The highest BCUT2D eigenvalue weighted by molar-refractivity contribution is 5.98. The molecule has 3 rings (SSSR count). The lowest BCUT2D eigenvalue weighted by atomic mass is 9.90. The van der Waals surface area contributed by atoms with E-state index < -0.39 is 0 Å². The highest BCUT2D eigenvalue weighted by Crippen LogP contribution is 2.24. The van der Waals surface area contributed by atoms with Crippen molar-refractivity contribution in [3.05, 3.63) is 60.2 Å². The average Bonchev–Trinajstić information content (AvgIpc) is 2.69. The summed E-state index contributed by atoms with van der Waals surface area (Å²) in [7, 11) is 0. The molecule has 0 saturated carbocycles. The fraction of sp³-hybridized carbons (Fsp3) is 0.333. The number of benzene rings is 2. The lowest BCUT2D eigenvalue weighted by molar-refractivity contribution is 0.0846. The molecule has 1 aliphatic heterocycles. The molecular formula is C21H24N2O3. The van der Waals surface area contributed by atoms with Crippen LogP contribution in [0.3, 0.4) is 0 Å². The molecule has 1 heterocycles. The van der Waals surface area contributed by atoms with Gasteiger partial charge in [0, 0.05) is 31.1 Å². The molecule has 1 saturated heterocycles. The summed E-state index contributed by atoms with van der Waals surface area (Å²) in [6.07, 6.45) is 1.67. The number of rotatable bonds is 5. The maximum Gasteiger partial charge on any atom is 0.317 e. The zero-order valence-electron chi connectivity index (χ0n) is 15.0. The summed E-state index contributed by atoms with van der Waals surface area (Å²) in [4.78, 5) is 26.5. The standard InChI is InChI=1S/C21H24N2O3/c1-2-22-21(25)23-14-6-7-17(15-23)20(24)16-10-12-19(13-11-16)26-18-8-4-3-5-9-18/h3-5,8-13,17H,2,6-7,14-15H2,1H3,(H,22,25)/t17-/m1/s1. The number of carbonyl (C=O) groups is 2. The van der Waals surface area contributed by atoms with E-state index in [-0.39, 0.29) is 17.7 Å². The molecule has 0 aromatic heterocycles. The quantitative estimate of drug-likeness (QED) is 0.824. The van der Waals surface area contributed by atoms with Gasteiger partial charge in [0.1, 0.15) is 11.5 Å². The van der Waals surface area contributed by atoms with Crippen LogP contribution in [0, 0.1) is 5.92 Å². The molecule has 1 atom stereocenters. The Hall–Kier alpha value is -2.82. The van der Waals surface area contributed by atoms with Crippen LogP contribution in [-0.4, -0.2) is 36.3 Å². The summed E-state index contributed by atoms with van der Waals surface area (Å²) in [5.74, 6) is 1.40. The van der Waals surface area contributed by atoms with Gasteiger partial charge in [0.2, 0.25) is 0 Å². The van der Waals surface area contributed by atoms with E-state index in [9.17, 15) is 9.59 Å². The number of nitrogens with zero attached hydrogens (tertiary/aromatic N) is 1. The van der Waals surface area contributed by atoms with Gasteiger partial charge in [-0.2, -0.15) is 0 Å². The van der Waals surface area contributed by atoms with E-state index in [1.165, 1.54) is 0 Å². The summed E-state index contributed by atoms with van der Waals surface area (Å²) in [5, 5.41) is 2.80. The van der Waals surface area contributed by atoms with Crippen molar-refractivity contribution in [2.45, 2.75) is 19.8 Å².